The molecule has 0 radical (unpaired) electrons. The van der Waals surface area contributed by atoms with E-state index in [4.69, 9.17) is 0 Å². The lowest BCUT2D eigenvalue weighted by Gasteiger charge is -2.28. The molecule has 3 atom stereocenters. The van der Waals surface area contributed by atoms with Crippen LogP contribution in [0, 0.1) is 18.8 Å². The third-order valence-electron chi connectivity index (χ3n) is 5.91. The summed E-state index contributed by atoms with van der Waals surface area (Å²) >= 11 is 0. The number of rotatable bonds is 6. The molecule has 140 valence electrons. The van der Waals surface area contributed by atoms with Gasteiger partial charge in [-0.2, -0.15) is 0 Å². The minimum Gasteiger partial charge on any atom is -0.303 e. The Hall–Kier alpha value is -0.950. The van der Waals surface area contributed by atoms with Crippen LogP contribution in [0.25, 0.3) is 0 Å². The van der Waals surface area contributed by atoms with Crippen LogP contribution in [0.4, 0.5) is 0 Å². The quantitative estimate of drug-likeness (QED) is 0.771. The van der Waals surface area contributed by atoms with Crippen molar-refractivity contribution in [2.75, 3.05) is 53.1 Å². The fraction of sp³-hybridized carbons (Fsp3) is 0.684. The van der Waals surface area contributed by atoms with Gasteiger partial charge in [-0.3, -0.25) is 4.90 Å². The van der Waals surface area contributed by atoms with E-state index in [0.717, 1.165) is 26.2 Å². The first-order valence-corrected chi connectivity index (χ1v) is 10.8. The van der Waals surface area contributed by atoms with Crippen LogP contribution in [0.15, 0.2) is 24.3 Å². The van der Waals surface area contributed by atoms with Crippen LogP contribution in [0.5, 0.6) is 0 Å². The predicted octanol–water partition coefficient (Wildman–Crippen LogP) is 1.81. The zero-order valence-electron chi connectivity index (χ0n) is 15.9. The number of benzene rings is 1. The number of nitrogens with zero attached hydrogens (tertiary/aromatic N) is 3. The van der Waals surface area contributed by atoms with Crippen LogP contribution in [-0.4, -0.2) is 75.6 Å². The molecule has 2 aliphatic rings. The molecule has 6 heteroatoms. The minimum absolute atomic E-state index is 0.243. The highest BCUT2D eigenvalue weighted by atomic mass is 32.2. The lowest BCUT2D eigenvalue weighted by atomic mass is 9.88. The van der Waals surface area contributed by atoms with E-state index in [9.17, 15) is 8.42 Å². The summed E-state index contributed by atoms with van der Waals surface area (Å²) in [5.41, 5.74) is 2.82. The molecule has 0 aromatic heterocycles. The molecule has 1 aromatic carbocycles. The molecule has 0 N–H and O–H groups in total. The summed E-state index contributed by atoms with van der Waals surface area (Å²) in [6.07, 6.45) is 0.713. The van der Waals surface area contributed by atoms with Gasteiger partial charge in [-0.05, 0) is 49.9 Å². The Morgan fingerprint density at radius 3 is 2.56 bits per heavy atom. The molecule has 25 heavy (non-hydrogen) atoms. The molecule has 0 saturated carbocycles. The SMILES string of the molecule is Cc1ccccc1[C@H]1[C@@H]2CN(CCCS(=O)(=O)N(C)C)C[C@@H]2CN1C. The Morgan fingerprint density at radius 2 is 1.88 bits per heavy atom. The predicted molar refractivity (Wildman–Crippen MR) is 102 cm³/mol. The summed E-state index contributed by atoms with van der Waals surface area (Å²) < 4.78 is 25.2. The lowest BCUT2D eigenvalue weighted by Crippen LogP contribution is -2.32. The normalized spacial score (nSPS) is 28.0. The molecule has 2 fully saturated rings. The second-order valence-corrected chi connectivity index (χ2v) is 10.2. The van der Waals surface area contributed by atoms with Gasteiger partial charge in [0, 0.05) is 39.8 Å². The first-order valence-electron chi connectivity index (χ1n) is 9.18. The molecule has 2 aliphatic heterocycles. The van der Waals surface area contributed by atoms with Gasteiger partial charge in [0.15, 0.2) is 0 Å². The third kappa shape index (κ3) is 3.92. The summed E-state index contributed by atoms with van der Waals surface area (Å²) in [7, 11) is 2.38. The Labute approximate surface area is 152 Å². The van der Waals surface area contributed by atoms with Crippen molar-refractivity contribution in [3.63, 3.8) is 0 Å². The zero-order valence-corrected chi connectivity index (χ0v) is 16.7. The Balaban J connectivity index is 1.61. The number of hydrogen-bond acceptors (Lipinski definition) is 4. The van der Waals surface area contributed by atoms with Gasteiger partial charge in [-0.15, -0.1) is 0 Å². The van der Waals surface area contributed by atoms with E-state index in [1.54, 1.807) is 14.1 Å². The van der Waals surface area contributed by atoms with Gasteiger partial charge in [0.1, 0.15) is 0 Å². The molecular formula is C19H31N3O2S. The first-order chi connectivity index (χ1) is 11.8. The Morgan fingerprint density at radius 1 is 1.16 bits per heavy atom. The standard InChI is InChI=1S/C19H31N3O2S/c1-15-8-5-6-9-17(15)19-18-14-22(13-16(18)12-21(19)4)10-7-11-25(23,24)20(2)3/h5-6,8-9,16,18-19H,7,10-14H2,1-4H3/t16-,18+,19-/m0/s1. The highest BCUT2D eigenvalue weighted by Crippen LogP contribution is 2.44. The highest BCUT2D eigenvalue weighted by molar-refractivity contribution is 7.89. The van der Waals surface area contributed by atoms with Crippen LogP contribution in [-0.2, 0) is 10.0 Å². The Bertz CT molecular complexity index is 704. The van der Waals surface area contributed by atoms with Crippen LogP contribution in [0.1, 0.15) is 23.6 Å². The molecule has 0 amide bonds. The number of hydrogen-bond donors (Lipinski definition) is 0. The largest absolute Gasteiger partial charge is 0.303 e. The fourth-order valence-electron chi connectivity index (χ4n) is 4.57. The molecule has 0 aliphatic carbocycles. The maximum absolute atomic E-state index is 11.9. The molecule has 0 unspecified atom stereocenters. The van der Waals surface area contributed by atoms with Gasteiger partial charge >= 0.3 is 0 Å². The van der Waals surface area contributed by atoms with Crippen LogP contribution >= 0.6 is 0 Å². The summed E-state index contributed by atoms with van der Waals surface area (Å²) in [6.45, 7) is 6.39. The van der Waals surface area contributed by atoms with Gasteiger partial charge in [0.05, 0.1) is 5.75 Å². The van der Waals surface area contributed by atoms with Crippen LogP contribution in [0.2, 0.25) is 0 Å². The molecule has 1 aromatic rings. The van der Waals surface area contributed by atoms with Crippen molar-refractivity contribution in [2.45, 2.75) is 19.4 Å². The second kappa shape index (κ2) is 7.35. The van der Waals surface area contributed by atoms with Gasteiger partial charge < -0.3 is 4.90 Å². The van der Waals surface area contributed by atoms with Gasteiger partial charge in [-0.1, -0.05) is 24.3 Å². The average Bonchev–Trinajstić information content (AvgIpc) is 3.04. The van der Waals surface area contributed by atoms with Crippen molar-refractivity contribution in [1.82, 2.24) is 14.1 Å². The molecule has 0 spiro atoms. The van der Waals surface area contributed by atoms with E-state index in [2.05, 4.69) is 48.0 Å². The highest BCUT2D eigenvalue weighted by Gasteiger charge is 2.46. The summed E-state index contributed by atoms with van der Waals surface area (Å²) in [5.74, 6) is 1.59. The smallest absolute Gasteiger partial charge is 0.213 e. The lowest BCUT2D eigenvalue weighted by molar-refractivity contribution is 0.228. The summed E-state index contributed by atoms with van der Waals surface area (Å²) in [6, 6.07) is 9.21. The van der Waals surface area contributed by atoms with Crippen molar-refractivity contribution >= 4 is 10.0 Å². The van der Waals surface area contributed by atoms with E-state index in [1.165, 1.54) is 15.4 Å². The van der Waals surface area contributed by atoms with E-state index in [1.807, 2.05) is 0 Å². The summed E-state index contributed by atoms with van der Waals surface area (Å²) in [5, 5.41) is 0. The monoisotopic (exact) mass is 365 g/mol. The fourth-order valence-corrected chi connectivity index (χ4v) is 5.43. The van der Waals surface area contributed by atoms with Crippen molar-refractivity contribution < 1.29 is 8.42 Å². The molecule has 2 heterocycles. The number of likely N-dealkylation sites (tertiary alicyclic amines) is 2. The van der Waals surface area contributed by atoms with E-state index >= 15 is 0 Å². The maximum Gasteiger partial charge on any atom is 0.213 e. The third-order valence-corrected chi connectivity index (χ3v) is 7.83. The maximum atomic E-state index is 11.9. The van der Waals surface area contributed by atoms with E-state index in [0.29, 0.717) is 24.3 Å². The molecule has 3 rings (SSSR count). The molecule has 0 bridgehead atoms. The van der Waals surface area contributed by atoms with Gasteiger partial charge in [0.25, 0.3) is 0 Å². The van der Waals surface area contributed by atoms with E-state index < -0.39 is 10.0 Å². The zero-order chi connectivity index (χ0) is 18.2. The topological polar surface area (TPSA) is 43.9 Å². The Kier molecular flexibility index (Phi) is 5.54. The van der Waals surface area contributed by atoms with Crippen LogP contribution < -0.4 is 0 Å². The average molecular weight is 366 g/mol. The number of sulfonamides is 1. The van der Waals surface area contributed by atoms with Crippen molar-refractivity contribution in [3.05, 3.63) is 35.4 Å². The van der Waals surface area contributed by atoms with Gasteiger partial charge in [-0.25, -0.2) is 12.7 Å². The van der Waals surface area contributed by atoms with Crippen molar-refractivity contribution in [2.24, 2.45) is 11.8 Å². The minimum atomic E-state index is -3.08. The number of aryl methyl sites for hydroxylation is 1. The first kappa shape index (κ1) is 18.8. The molecule has 2 saturated heterocycles. The molecular weight excluding hydrogens is 334 g/mol. The van der Waals surface area contributed by atoms with Crippen molar-refractivity contribution in [3.8, 4) is 0 Å². The van der Waals surface area contributed by atoms with Crippen molar-refractivity contribution in [1.29, 1.82) is 0 Å². The van der Waals surface area contributed by atoms with E-state index in [-0.39, 0.29) is 5.75 Å². The van der Waals surface area contributed by atoms with Crippen LogP contribution in [0.3, 0.4) is 0 Å². The summed E-state index contributed by atoms with van der Waals surface area (Å²) in [4.78, 5) is 4.98. The van der Waals surface area contributed by atoms with Gasteiger partial charge in [0.2, 0.25) is 10.0 Å². The number of fused-ring (bicyclic) bond motifs is 1. The molecule has 5 nitrogen and oxygen atoms in total. The second-order valence-electron chi connectivity index (χ2n) is 7.88.